The van der Waals surface area contributed by atoms with Crippen molar-refractivity contribution in [2.24, 2.45) is 17.4 Å². The van der Waals surface area contributed by atoms with Crippen molar-refractivity contribution < 1.29 is 38.7 Å². The van der Waals surface area contributed by atoms with Gasteiger partial charge in [-0.2, -0.15) is 0 Å². The van der Waals surface area contributed by atoms with Gasteiger partial charge < -0.3 is 37.8 Å². The summed E-state index contributed by atoms with van der Waals surface area (Å²) in [6.45, 7) is 3.86. The molecule has 0 saturated carbocycles. The Bertz CT molecular complexity index is 1910. The van der Waals surface area contributed by atoms with Gasteiger partial charge in [-0.05, 0) is 41.0 Å². The molecule has 348 valence electrons. The number of nitrogens with one attached hydrogen (secondary N) is 4. The molecule has 0 fully saturated rings. The summed E-state index contributed by atoms with van der Waals surface area (Å²) < 4.78 is 0. The number of unbranched alkanes of at least 4 members (excludes halogenated alkanes) is 11. The normalized spacial score (nSPS) is 13.3. The molecule has 64 heavy (non-hydrogen) atoms. The third-order valence-electron chi connectivity index (χ3n) is 11.5. The number of benzene rings is 3. The number of hydrogen-bond acceptors (Lipinski definition) is 7. The maximum Gasteiger partial charge on any atom is 0.326 e. The van der Waals surface area contributed by atoms with Crippen LogP contribution < -0.4 is 32.7 Å². The van der Waals surface area contributed by atoms with E-state index in [2.05, 4.69) is 21.3 Å². The van der Waals surface area contributed by atoms with E-state index < -0.39 is 66.1 Å². The van der Waals surface area contributed by atoms with Gasteiger partial charge in [-0.25, -0.2) is 4.79 Å². The zero-order chi connectivity index (χ0) is 46.7. The summed E-state index contributed by atoms with van der Waals surface area (Å²) in [6, 6.07) is 22.4. The molecule has 3 aromatic rings. The van der Waals surface area contributed by atoms with E-state index in [0.29, 0.717) is 24.8 Å². The van der Waals surface area contributed by atoms with Crippen molar-refractivity contribution in [1.82, 2.24) is 21.3 Å². The maximum absolute atomic E-state index is 13.4. The standard InChI is InChI=1S/C50H70N6O8/c1-3-35(2)46(49(62)54-40(47(52)60)32-37-28-30-39(31-29-37)38-24-18-15-19-25-38)56-45(59)27-21-13-11-9-7-5-4-6-8-10-12-20-26-44(58)53-41(34-43(51)57)48(61)55-42(50(63)64)33-36-22-16-14-17-23-36/h14-19,22-25,28-31,35,40-42,46H,3-13,20-21,26-27,32-34H2,1-2H3,(H2,51,57)(H2,52,60)(H,53,58)(H,54,62)(H,55,61)(H,56,59)(H,63,64)/t35?,40-,41-,42-,46-/m0/s1. The lowest BCUT2D eigenvalue weighted by molar-refractivity contribution is -0.142. The predicted molar refractivity (Wildman–Crippen MR) is 248 cm³/mol. The summed E-state index contributed by atoms with van der Waals surface area (Å²) in [5.41, 5.74) is 14.7. The first-order chi connectivity index (χ1) is 30.8. The van der Waals surface area contributed by atoms with E-state index >= 15 is 0 Å². The van der Waals surface area contributed by atoms with Gasteiger partial charge in [0.25, 0.3) is 0 Å². The lowest BCUT2D eigenvalue weighted by atomic mass is 9.96. The second-order valence-corrected chi connectivity index (χ2v) is 16.8. The van der Waals surface area contributed by atoms with Crippen LogP contribution in [0.1, 0.15) is 128 Å². The highest BCUT2D eigenvalue weighted by Gasteiger charge is 2.30. The molecular weight excluding hydrogens is 813 g/mol. The van der Waals surface area contributed by atoms with Gasteiger partial charge in [0.1, 0.15) is 24.2 Å². The number of aliphatic carboxylic acids is 1. The second kappa shape index (κ2) is 29.3. The number of nitrogens with two attached hydrogens (primary N) is 2. The summed E-state index contributed by atoms with van der Waals surface area (Å²) in [6.07, 6.45) is 12.7. The van der Waals surface area contributed by atoms with Crippen molar-refractivity contribution >= 4 is 41.4 Å². The number of carbonyl (C=O) groups is 7. The highest BCUT2D eigenvalue weighted by molar-refractivity contribution is 5.94. The second-order valence-electron chi connectivity index (χ2n) is 16.8. The SMILES string of the molecule is CCC(C)[C@H](NC(=O)CCCCCCCCCCCCCCC(=O)N[C@@H](CC(N)=O)C(=O)N[C@@H](Cc1ccccc1)C(=O)O)C(=O)N[C@@H](Cc1ccc(-c2ccccc2)cc1)C(N)=O. The predicted octanol–water partition coefficient (Wildman–Crippen LogP) is 6.03. The number of primary amides is 2. The topological polar surface area (TPSA) is 240 Å². The van der Waals surface area contributed by atoms with Gasteiger partial charge in [-0.1, -0.05) is 169 Å². The smallest absolute Gasteiger partial charge is 0.326 e. The molecule has 0 radical (unpaired) electrons. The van der Waals surface area contributed by atoms with Crippen LogP contribution in [0.15, 0.2) is 84.9 Å². The van der Waals surface area contributed by atoms with Crippen LogP contribution in [-0.4, -0.2) is 70.7 Å². The number of carbonyl (C=O) groups excluding carboxylic acids is 6. The van der Waals surface area contributed by atoms with Gasteiger partial charge in [0.05, 0.1) is 6.42 Å². The quantitative estimate of drug-likeness (QED) is 0.0365. The van der Waals surface area contributed by atoms with Gasteiger partial charge in [0.15, 0.2) is 0 Å². The summed E-state index contributed by atoms with van der Waals surface area (Å²) >= 11 is 0. The fraction of sp³-hybridized carbons (Fsp3) is 0.500. The zero-order valence-electron chi connectivity index (χ0n) is 37.7. The lowest BCUT2D eigenvalue weighted by Gasteiger charge is -2.26. The molecule has 9 N–H and O–H groups in total. The van der Waals surface area contributed by atoms with Crippen molar-refractivity contribution in [3.63, 3.8) is 0 Å². The first kappa shape index (κ1) is 52.3. The Morgan fingerprint density at radius 2 is 0.953 bits per heavy atom. The Kier molecular flexibility index (Phi) is 24.0. The molecule has 14 heteroatoms. The molecule has 0 bridgehead atoms. The van der Waals surface area contributed by atoms with Crippen LogP contribution in [-0.2, 0) is 46.4 Å². The largest absolute Gasteiger partial charge is 0.480 e. The van der Waals surface area contributed by atoms with Crippen molar-refractivity contribution in [2.75, 3.05) is 0 Å². The van der Waals surface area contributed by atoms with Gasteiger partial charge in [0.2, 0.25) is 35.4 Å². The molecule has 0 aliphatic carbocycles. The van der Waals surface area contributed by atoms with Crippen LogP contribution in [0.5, 0.6) is 0 Å². The summed E-state index contributed by atoms with van der Waals surface area (Å²) in [7, 11) is 0. The molecule has 6 amide bonds. The van der Waals surface area contributed by atoms with Crippen molar-refractivity contribution in [1.29, 1.82) is 0 Å². The molecule has 5 atom stereocenters. The number of hydrogen-bond donors (Lipinski definition) is 7. The minimum atomic E-state index is -1.26. The Balaban J connectivity index is 1.24. The van der Waals surface area contributed by atoms with Crippen molar-refractivity contribution in [3.05, 3.63) is 96.1 Å². The van der Waals surface area contributed by atoms with Crippen LogP contribution in [0.25, 0.3) is 11.1 Å². The van der Waals surface area contributed by atoms with Gasteiger partial charge in [-0.15, -0.1) is 0 Å². The molecule has 14 nitrogen and oxygen atoms in total. The van der Waals surface area contributed by atoms with E-state index in [-0.39, 0.29) is 31.1 Å². The first-order valence-corrected chi connectivity index (χ1v) is 23.0. The van der Waals surface area contributed by atoms with Gasteiger partial charge >= 0.3 is 5.97 Å². The summed E-state index contributed by atoms with van der Waals surface area (Å²) in [5.74, 6) is -4.58. The van der Waals surface area contributed by atoms with E-state index in [1.165, 1.54) is 0 Å². The molecule has 0 saturated heterocycles. The molecule has 0 aromatic heterocycles. The van der Waals surface area contributed by atoms with E-state index in [0.717, 1.165) is 87.3 Å². The van der Waals surface area contributed by atoms with Crippen molar-refractivity contribution in [2.45, 2.75) is 154 Å². The minimum Gasteiger partial charge on any atom is -0.480 e. The third-order valence-corrected chi connectivity index (χ3v) is 11.5. The molecule has 0 spiro atoms. The van der Waals surface area contributed by atoms with Crippen LogP contribution in [0.4, 0.5) is 0 Å². The Morgan fingerprint density at radius 1 is 0.516 bits per heavy atom. The fourth-order valence-electron chi connectivity index (χ4n) is 7.47. The lowest BCUT2D eigenvalue weighted by Crippen LogP contribution is -2.55. The van der Waals surface area contributed by atoms with Crippen LogP contribution >= 0.6 is 0 Å². The first-order valence-electron chi connectivity index (χ1n) is 23.0. The zero-order valence-corrected chi connectivity index (χ0v) is 37.7. The average molecular weight is 883 g/mol. The summed E-state index contributed by atoms with van der Waals surface area (Å²) in [5, 5.41) is 20.3. The van der Waals surface area contributed by atoms with Crippen molar-refractivity contribution in [3.8, 4) is 11.1 Å². The van der Waals surface area contributed by atoms with Crippen LogP contribution in [0, 0.1) is 5.92 Å². The molecule has 0 aliphatic rings. The molecular formula is C50H70N6O8. The van der Waals surface area contributed by atoms with E-state index in [1.807, 2.05) is 68.4 Å². The molecule has 3 rings (SSSR count). The molecule has 1 unspecified atom stereocenters. The van der Waals surface area contributed by atoms with Crippen LogP contribution in [0.3, 0.4) is 0 Å². The number of amides is 6. The highest BCUT2D eigenvalue weighted by atomic mass is 16.4. The van der Waals surface area contributed by atoms with E-state index in [1.54, 1.807) is 30.3 Å². The monoisotopic (exact) mass is 883 g/mol. The summed E-state index contributed by atoms with van der Waals surface area (Å²) in [4.78, 5) is 87.6. The Morgan fingerprint density at radius 3 is 1.44 bits per heavy atom. The van der Waals surface area contributed by atoms with E-state index in [9.17, 15) is 38.7 Å². The van der Waals surface area contributed by atoms with Gasteiger partial charge in [-0.3, -0.25) is 28.8 Å². The maximum atomic E-state index is 13.4. The number of rotatable bonds is 32. The fourth-order valence-corrected chi connectivity index (χ4v) is 7.47. The van der Waals surface area contributed by atoms with E-state index in [4.69, 9.17) is 11.5 Å². The highest BCUT2D eigenvalue weighted by Crippen LogP contribution is 2.20. The van der Waals surface area contributed by atoms with Crippen LogP contribution in [0.2, 0.25) is 0 Å². The average Bonchev–Trinajstić information content (AvgIpc) is 3.27. The third kappa shape index (κ3) is 20.4. The Hall–Kier alpha value is -6.05. The van der Waals surface area contributed by atoms with Gasteiger partial charge in [0, 0.05) is 25.7 Å². The number of carboxylic acid groups (broad SMARTS) is 1. The molecule has 0 aliphatic heterocycles. The molecule has 0 heterocycles. The number of carboxylic acids is 1. The Labute approximate surface area is 378 Å². The minimum absolute atomic E-state index is 0.0449. The molecule has 3 aromatic carbocycles.